The van der Waals surface area contributed by atoms with Gasteiger partial charge >= 0.3 is 0 Å². The fraction of sp³-hybridized carbons (Fsp3) is 0. The van der Waals surface area contributed by atoms with Crippen molar-refractivity contribution in [1.29, 1.82) is 0 Å². The molecule has 0 aliphatic rings. The molecule has 0 radical (unpaired) electrons. The number of carbonyl (C=O) groups is 1. The Kier molecular flexibility index (Phi) is 2.55. The molecule has 0 saturated heterocycles. The van der Waals surface area contributed by atoms with Gasteiger partial charge in [-0.15, -0.1) is 0 Å². The molecule has 80 valence electrons. The molecule has 1 aromatic carbocycles. The lowest BCUT2D eigenvalue weighted by atomic mass is 10.1. The average molecular weight is 214 g/mol. The Morgan fingerprint density at radius 1 is 1.25 bits per heavy atom. The van der Waals surface area contributed by atoms with Gasteiger partial charge in [0.15, 0.2) is 0 Å². The lowest BCUT2D eigenvalue weighted by Gasteiger charge is -2.02. The second-order valence-corrected chi connectivity index (χ2v) is 3.32. The molecule has 2 rings (SSSR count). The minimum atomic E-state index is -0.240. The van der Waals surface area contributed by atoms with E-state index in [1.165, 1.54) is 12.1 Å². The molecule has 0 amide bonds. The van der Waals surface area contributed by atoms with E-state index in [-0.39, 0.29) is 17.2 Å². The highest BCUT2D eigenvalue weighted by molar-refractivity contribution is 6.08. The number of benzene rings is 1. The van der Waals surface area contributed by atoms with Crippen LogP contribution in [0.5, 0.6) is 5.75 Å². The summed E-state index contributed by atoms with van der Waals surface area (Å²) in [6.07, 6.45) is 1.55. The van der Waals surface area contributed by atoms with Crippen LogP contribution in [0.25, 0.3) is 0 Å². The SMILES string of the molecule is Nc1ccc(C(=O)c2ccccn2)cc1O. The number of nitrogens with zero attached hydrogens (tertiary/aromatic N) is 1. The molecule has 0 unspecified atom stereocenters. The molecule has 3 N–H and O–H groups in total. The van der Waals surface area contributed by atoms with Gasteiger partial charge in [0.25, 0.3) is 0 Å². The zero-order valence-electron chi connectivity index (χ0n) is 8.42. The Morgan fingerprint density at radius 3 is 2.69 bits per heavy atom. The van der Waals surface area contributed by atoms with Gasteiger partial charge in [-0.25, -0.2) is 0 Å². The number of nitrogen functional groups attached to an aromatic ring is 1. The van der Waals surface area contributed by atoms with Crippen molar-refractivity contribution in [3.63, 3.8) is 0 Å². The number of rotatable bonds is 2. The summed E-state index contributed by atoms with van der Waals surface area (Å²) < 4.78 is 0. The Balaban J connectivity index is 2.39. The van der Waals surface area contributed by atoms with Crippen molar-refractivity contribution in [2.45, 2.75) is 0 Å². The normalized spacial score (nSPS) is 10.0. The average Bonchev–Trinajstić information content (AvgIpc) is 2.33. The van der Waals surface area contributed by atoms with E-state index >= 15 is 0 Å². The van der Waals surface area contributed by atoms with Gasteiger partial charge in [-0.3, -0.25) is 9.78 Å². The molecule has 16 heavy (non-hydrogen) atoms. The number of hydrogen-bond donors (Lipinski definition) is 2. The van der Waals surface area contributed by atoms with E-state index in [0.29, 0.717) is 11.3 Å². The van der Waals surface area contributed by atoms with Crippen molar-refractivity contribution in [3.05, 3.63) is 53.9 Å². The molecule has 4 heteroatoms. The molecule has 0 aliphatic heterocycles. The van der Waals surface area contributed by atoms with Gasteiger partial charge < -0.3 is 10.8 Å². The molecule has 2 aromatic rings. The third kappa shape index (κ3) is 1.86. The first-order valence-corrected chi connectivity index (χ1v) is 4.72. The van der Waals surface area contributed by atoms with Crippen LogP contribution in [0.3, 0.4) is 0 Å². The number of pyridine rings is 1. The van der Waals surface area contributed by atoms with E-state index in [1.807, 2.05) is 0 Å². The maximum atomic E-state index is 11.9. The van der Waals surface area contributed by atoms with Gasteiger partial charge in [0.05, 0.1) is 5.69 Å². The molecule has 0 bridgehead atoms. The summed E-state index contributed by atoms with van der Waals surface area (Å²) in [5.41, 5.74) is 6.40. The zero-order valence-corrected chi connectivity index (χ0v) is 8.42. The molecular weight excluding hydrogens is 204 g/mol. The van der Waals surface area contributed by atoms with Gasteiger partial charge in [-0.05, 0) is 30.3 Å². The van der Waals surface area contributed by atoms with Crippen LogP contribution in [0.4, 0.5) is 5.69 Å². The van der Waals surface area contributed by atoms with Crippen molar-refractivity contribution < 1.29 is 9.90 Å². The summed E-state index contributed by atoms with van der Waals surface area (Å²) in [7, 11) is 0. The smallest absolute Gasteiger partial charge is 0.211 e. The molecule has 0 atom stereocenters. The van der Waals surface area contributed by atoms with Gasteiger partial charge in [-0.1, -0.05) is 6.07 Å². The topological polar surface area (TPSA) is 76.2 Å². The van der Waals surface area contributed by atoms with Crippen LogP contribution in [0, 0.1) is 0 Å². The lowest BCUT2D eigenvalue weighted by molar-refractivity contribution is 0.103. The van der Waals surface area contributed by atoms with Crippen molar-refractivity contribution in [2.24, 2.45) is 0 Å². The summed E-state index contributed by atoms with van der Waals surface area (Å²) in [5.74, 6) is -0.335. The van der Waals surface area contributed by atoms with E-state index in [1.54, 1.807) is 30.5 Å². The first-order valence-electron chi connectivity index (χ1n) is 4.72. The van der Waals surface area contributed by atoms with E-state index in [9.17, 15) is 9.90 Å². The van der Waals surface area contributed by atoms with Gasteiger partial charge in [0.1, 0.15) is 11.4 Å². The minimum Gasteiger partial charge on any atom is -0.506 e. The summed E-state index contributed by atoms with van der Waals surface area (Å²) in [5, 5.41) is 9.40. The first-order chi connectivity index (χ1) is 7.68. The number of aromatic nitrogens is 1. The monoisotopic (exact) mass is 214 g/mol. The quantitative estimate of drug-likeness (QED) is 0.452. The Morgan fingerprint density at radius 2 is 2.06 bits per heavy atom. The van der Waals surface area contributed by atoms with Crippen LogP contribution < -0.4 is 5.73 Å². The third-order valence-corrected chi connectivity index (χ3v) is 2.19. The number of aromatic hydroxyl groups is 1. The summed E-state index contributed by atoms with van der Waals surface area (Å²) in [6, 6.07) is 9.48. The summed E-state index contributed by atoms with van der Waals surface area (Å²) in [4.78, 5) is 15.8. The second-order valence-electron chi connectivity index (χ2n) is 3.32. The second kappa shape index (κ2) is 4.02. The van der Waals surface area contributed by atoms with E-state index < -0.39 is 0 Å². The molecule has 0 saturated carbocycles. The predicted molar refractivity (Wildman–Crippen MR) is 60.2 cm³/mol. The van der Waals surface area contributed by atoms with E-state index in [0.717, 1.165) is 0 Å². The number of carbonyl (C=O) groups excluding carboxylic acids is 1. The summed E-state index contributed by atoms with van der Waals surface area (Å²) in [6.45, 7) is 0. The fourth-order valence-electron chi connectivity index (χ4n) is 1.33. The highest BCUT2D eigenvalue weighted by Gasteiger charge is 2.11. The Hall–Kier alpha value is -2.36. The molecule has 1 heterocycles. The fourth-order valence-corrected chi connectivity index (χ4v) is 1.33. The number of phenols is 1. The van der Waals surface area contributed by atoms with Gasteiger partial charge in [0.2, 0.25) is 5.78 Å². The van der Waals surface area contributed by atoms with Crippen LogP contribution in [-0.4, -0.2) is 15.9 Å². The molecule has 4 nitrogen and oxygen atoms in total. The third-order valence-electron chi connectivity index (χ3n) is 2.19. The molecule has 0 aliphatic carbocycles. The highest BCUT2D eigenvalue weighted by atomic mass is 16.3. The Labute approximate surface area is 92.4 Å². The van der Waals surface area contributed by atoms with Crippen LogP contribution >= 0.6 is 0 Å². The van der Waals surface area contributed by atoms with Crippen LogP contribution in [0.1, 0.15) is 16.1 Å². The number of hydrogen-bond acceptors (Lipinski definition) is 4. The first kappa shape index (κ1) is 10.2. The van der Waals surface area contributed by atoms with Gasteiger partial charge in [0, 0.05) is 11.8 Å². The van der Waals surface area contributed by atoms with Crippen molar-refractivity contribution >= 4 is 11.5 Å². The van der Waals surface area contributed by atoms with Crippen molar-refractivity contribution in [3.8, 4) is 5.75 Å². The number of phenolic OH excluding ortho intramolecular Hbond substituents is 1. The van der Waals surface area contributed by atoms with Crippen molar-refractivity contribution in [1.82, 2.24) is 4.98 Å². The Bertz CT molecular complexity index is 524. The maximum Gasteiger partial charge on any atom is 0.211 e. The molecule has 0 spiro atoms. The van der Waals surface area contributed by atoms with Crippen LogP contribution in [0.15, 0.2) is 42.6 Å². The van der Waals surface area contributed by atoms with Crippen LogP contribution in [0.2, 0.25) is 0 Å². The molecule has 1 aromatic heterocycles. The number of ketones is 1. The lowest BCUT2D eigenvalue weighted by Crippen LogP contribution is -2.03. The van der Waals surface area contributed by atoms with E-state index in [2.05, 4.69) is 4.98 Å². The number of nitrogens with two attached hydrogens (primary N) is 1. The van der Waals surface area contributed by atoms with E-state index in [4.69, 9.17) is 5.73 Å². The van der Waals surface area contributed by atoms with Crippen LogP contribution in [-0.2, 0) is 0 Å². The number of anilines is 1. The largest absolute Gasteiger partial charge is 0.506 e. The highest BCUT2D eigenvalue weighted by Crippen LogP contribution is 2.21. The zero-order chi connectivity index (χ0) is 11.5. The standard InChI is InChI=1S/C12H10N2O2/c13-9-5-4-8(7-11(9)15)12(16)10-3-1-2-6-14-10/h1-7,15H,13H2. The van der Waals surface area contributed by atoms with Crippen molar-refractivity contribution in [2.75, 3.05) is 5.73 Å². The molecular formula is C12H10N2O2. The van der Waals surface area contributed by atoms with Gasteiger partial charge in [-0.2, -0.15) is 0 Å². The summed E-state index contributed by atoms with van der Waals surface area (Å²) >= 11 is 0. The molecule has 0 fully saturated rings. The predicted octanol–water partition coefficient (Wildman–Crippen LogP) is 1.60. The minimum absolute atomic E-state index is 0.0956. The maximum absolute atomic E-state index is 11.9.